The average Bonchev–Trinajstić information content (AvgIpc) is 3.25. The van der Waals surface area contributed by atoms with E-state index in [-0.39, 0.29) is 0 Å². The molecular weight excluding hydrogens is 441 g/mol. The molecule has 4 nitrogen and oxygen atoms in total. The number of aromatic amines is 1. The molecule has 0 amide bonds. The Labute approximate surface area is 189 Å². The molecule has 172 valence electrons. The number of alkyl halides is 3. The summed E-state index contributed by atoms with van der Waals surface area (Å²) in [5.41, 5.74) is -0.0489. The second kappa shape index (κ2) is 7.66. The van der Waals surface area contributed by atoms with E-state index in [0.29, 0.717) is 40.6 Å². The van der Waals surface area contributed by atoms with Crippen LogP contribution in [0, 0.1) is 13.8 Å². The summed E-state index contributed by atoms with van der Waals surface area (Å²) in [7, 11) is 0. The molecule has 1 aliphatic rings. The van der Waals surface area contributed by atoms with Gasteiger partial charge in [0.2, 0.25) is 0 Å². The minimum Gasteiger partial charge on any atom is -0.493 e. The van der Waals surface area contributed by atoms with Gasteiger partial charge in [0.05, 0.1) is 6.61 Å². The number of aromatic nitrogens is 2. The number of pyridine rings is 1. The number of hydrogen-bond donors (Lipinski definition) is 2. The topological polar surface area (TPSA) is 58.1 Å². The lowest BCUT2D eigenvalue weighted by Gasteiger charge is -2.38. The lowest BCUT2D eigenvalue weighted by Crippen LogP contribution is -2.51. The second-order valence-corrected chi connectivity index (χ2v) is 9.85. The maximum Gasteiger partial charge on any atom is 0.417 e. The van der Waals surface area contributed by atoms with E-state index in [0.717, 1.165) is 22.3 Å². The first-order chi connectivity index (χ1) is 14.8. The highest BCUT2D eigenvalue weighted by atomic mass is 35.5. The van der Waals surface area contributed by atoms with Gasteiger partial charge in [0.15, 0.2) is 5.60 Å². The number of rotatable bonds is 5. The van der Waals surface area contributed by atoms with Gasteiger partial charge in [0, 0.05) is 51.4 Å². The first-order valence-corrected chi connectivity index (χ1v) is 10.9. The molecule has 0 aliphatic carbocycles. The van der Waals surface area contributed by atoms with Crippen molar-refractivity contribution in [3.8, 4) is 5.75 Å². The van der Waals surface area contributed by atoms with E-state index >= 15 is 0 Å². The molecule has 1 unspecified atom stereocenters. The Bertz CT molecular complexity index is 1190. The molecule has 32 heavy (non-hydrogen) atoms. The van der Waals surface area contributed by atoms with E-state index in [4.69, 9.17) is 16.3 Å². The van der Waals surface area contributed by atoms with Crippen LogP contribution in [0.3, 0.4) is 0 Å². The van der Waals surface area contributed by atoms with Crippen LogP contribution in [0.2, 0.25) is 5.02 Å². The Morgan fingerprint density at radius 2 is 1.88 bits per heavy atom. The highest BCUT2D eigenvalue weighted by Gasteiger charge is 2.56. The van der Waals surface area contributed by atoms with Crippen LogP contribution in [0.25, 0.3) is 10.9 Å². The summed E-state index contributed by atoms with van der Waals surface area (Å²) in [6.45, 7) is 7.46. The van der Waals surface area contributed by atoms with Gasteiger partial charge in [-0.05, 0) is 55.5 Å². The maximum atomic E-state index is 14.3. The fraction of sp³-hybridized carbons (Fsp3) is 0.458. The molecule has 1 aromatic carbocycles. The van der Waals surface area contributed by atoms with Crippen molar-refractivity contribution in [3.05, 3.63) is 57.5 Å². The Hall–Kier alpha value is -2.25. The molecule has 3 heterocycles. The van der Waals surface area contributed by atoms with Crippen LogP contribution in [0.1, 0.15) is 48.5 Å². The molecule has 0 saturated carbocycles. The van der Waals surface area contributed by atoms with Gasteiger partial charge in [-0.25, -0.2) is 0 Å². The van der Waals surface area contributed by atoms with Crippen LogP contribution in [-0.4, -0.2) is 33.5 Å². The third-order valence-corrected chi connectivity index (χ3v) is 6.43. The number of aliphatic hydroxyl groups is 1. The molecule has 0 spiro atoms. The van der Waals surface area contributed by atoms with E-state index in [1.807, 2.05) is 13.8 Å². The molecule has 8 heteroatoms. The molecule has 1 atom stereocenters. The summed E-state index contributed by atoms with van der Waals surface area (Å²) in [6, 6.07) is 6.85. The van der Waals surface area contributed by atoms with Crippen molar-refractivity contribution in [1.29, 1.82) is 0 Å². The molecule has 4 rings (SSSR count). The molecule has 1 aliphatic heterocycles. The number of fused-ring (bicyclic) bond motifs is 2. The van der Waals surface area contributed by atoms with Crippen molar-refractivity contribution in [1.82, 2.24) is 9.97 Å². The van der Waals surface area contributed by atoms with Crippen molar-refractivity contribution in [2.45, 2.75) is 64.1 Å². The minimum atomic E-state index is -4.84. The van der Waals surface area contributed by atoms with E-state index < -0.39 is 30.0 Å². The van der Waals surface area contributed by atoms with Gasteiger partial charge in [-0.2, -0.15) is 13.2 Å². The molecule has 3 aromatic rings. The largest absolute Gasteiger partial charge is 0.493 e. The quantitative estimate of drug-likeness (QED) is 0.487. The third kappa shape index (κ3) is 4.08. The average molecular weight is 467 g/mol. The lowest BCUT2D eigenvalue weighted by atomic mass is 9.73. The summed E-state index contributed by atoms with van der Waals surface area (Å²) >= 11 is 6.25. The number of hydrogen-bond acceptors (Lipinski definition) is 3. The predicted molar refractivity (Wildman–Crippen MR) is 119 cm³/mol. The molecule has 0 saturated heterocycles. The van der Waals surface area contributed by atoms with Gasteiger partial charge in [-0.3, -0.25) is 4.98 Å². The van der Waals surface area contributed by atoms with Gasteiger partial charge >= 0.3 is 6.18 Å². The number of benzene rings is 1. The lowest BCUT2D eigenvalue weighted by molar-refractivity contribution is -0.266. The highest BCUT2D eigenvalue weighted by Crippen LogP contribution is 2.47. The second-order valence-electron chi connectivity index (χ2n) is 9.41. The van der Waals surface area contributed by atoms with Gasteiger partial charge in [-0.1, -0.05) is 25.4 Å². The van der Waals surface area contributed by atoms with Gasteiger partial charge in [0.25, 0.3) is 0 Å². The molecule has 0 radical (unpaired) electrons. The normalized spacial score (nSPS) is 16.2. The predicted octanol–water partition coefficient (Wildman–Crippen LogP) is 5.97. The standard InChI is InChI=1S/C24H26ClF3N2O2/c1-13-7-20-18(14(2)29-13)10-17(30-20)11-23(31,24(26,27)28)12-22(3,4)19-9-16(25)8-15-5-6-32-21(15)19/h7-10,30-31H,5-6,11-12H2,1-4H3. The Balaban J connectivity index is 1.72. The van der Waals surface area contributed by atoms with Crippen LogP contribution < -0.4 is 4.74 Å². The van der Waals surface area contributed by atoms with E-state index in [1.54, 1.807) is 38.1 Å². The molecule has 0 fully saturated rings. The monoisotopic (exact) mass is 466 g/mol. The Morgan fingerprint density at radius 3 is 2.56 bits per heavy atom. The minimum absolute atomic E-state index is 0.304. The number of aryl methyl sites for hydroxylation is 2. The SMILES string of the molecule is Cc1cc2[nH]c(CC(O)(CC(C)(C)c3cc(Cl)cc4c3OCC4)C(F)(F)F)cc2c(C)n1. The zero-order valence-electron chi connectivity index (χ0n) is 18.5. The van der Waals surface area contributed by atoms with Gasteiger partial charge in [-0.15, -0.1) is 0 Å². The fourth-order valence-electron chi connectivity index (χ4n) is 4.78. The maximum absolute atomic E-state index is 14.3. The Morgan fingerprint density at radius 1 is 1.16 bits per heavy atom. The molecule has 0 bridgehead atoms. The van der Waals surface area contributed by atoms with Crippen molar-refractivity contribution >= 4 is 22.5 Å². The Kier molecular flexibility index (Phi) is 5.49. The smallest absolute Gasteiger partial charge is 0.417 e. The van der Waals surface area contributed by atoms with Crippen molar-refractivity contribution in [2.24, 2.45) is 0 Å². The summed E-state index contributed by atoms with van der Waals surface area (Å²) in [5.74, 6) is 0.576. The summed E-state index contributed by atoms with van der Waals surface area (Å²) < 4.78 is 48.5. The molecular formula is C24H26ClF3N2O2. The van der Waals surface area contributed by atoms with Crippen LogP contribution in [0.5, 0.6) is 5.75 Å². The van der Waals surface area contributed by atoms with Crippen LogP contribution in [-0.2, 0) is 18.3 Å². The van der Waals surface area contributed by atoms with Crippen LogP contribution in [0.4, 0.5) is 13.2 Å². The molecule has 2 N–H and O–H groups in total. The summed E-state index contributed by atoms with van der Waals surface area (Å²) in [6.07, 6.45) is -5.33. The molecule has 2 aromatic heterocycles. The number of nitrogens with one attached hydrogen (secondary N) is 1. The first-order valence-electron chi connectivity index (χ1n) is 10.5. The van der Waals surface area contributed by atoms with E-state index in [9.17, 15) is 18.3 Å². The van der Waals surface area contributed by atoms with Gasteiger partial charge < -0.3 is 14.8 Å². The third-order valence-electron chi connectivity index (χ3n) is 6.21. The summed E-state index contributed by atoms with van der Waals surface area (Å²) in [5, 5.41) is 12.2. The van der Waals surface area contributed by atoms with E-state index in [1.165, 1.54) is 0 Å². The number of nitrogens with zero attached hydrogens (tertiary/aromatic N) is 1. The van der Waals surface area contributed by atoms with Crippen LogP contribution >= 0.6 is 11.6 Å². The van der Waals surface area contributed by atoms with Crippen molar-refractivity contribution in [3.63, 3.8) is 0 Å². The van der Waals surface area contributed by atoms with Crippen LogP contribution in [0.15, 0.2) is 24.3 Å². The number of ether oxygens (including phenoxy) is 1. The fourth-order valence-corrected chi connectivity index (χ4v) is 5.02. The van der Waals surface area contributed by atoms with E-state index in [2.05, 4.69) is 9.97 Å². The van der Waals surface area contributed by atoms with Crippen molar-refractivity contribution < 1.29 is 23.0 Å². The highest BCUT2D eigenvalue weighted by molar-refractivity contribution is 6.30. The van der Waals surface area contributed by atoms with Gasteiger partial charge in [0.1, 0.15) is 5.75 Å². The zero-order valence-corrected chi connectivity index (χ0v) is 19.2. The zero-order chi connectivity index (χ0) is 23.5. The number of H-pyrrole nitrogens is 1. The first kappa shape index (κ1) is 22.9. The van der Waals surface area contributed by atoms with Crippen molar-refractivity contribution in [2.75, 3.05) is 6.61 Å². The number of halogens is 4. The summed E-state index contributed by atoms with van der Waals surface area (Å²) in [4.78, 5) is 7.41.